The van der Waals surface area contributed by atoms with Crippen molar-refractivity contribution in [2.45, 2.75) is 18.9 Å². The van der Waals surface area contributed by atoms with Gasteiger partial charge in [-0.2, -0.15) is 0 Å². The lowest BCUT2D eigenvalue weighted by atomic mass is 10.1. The van der Waals surface area contributed by atoms with Crippen LogP contribution in [0, 0.1) is 11.6 Å². The van der Waals surface area contributed by atoms with Crippen LogP contribution in [-0.2, 0) is 6.42 Å². The molecule has 1 aromatic rings. The number of benzene rings is 1. The van der Waals surface area contributed by atoms with Gasteiger partial charge in [0.1, 0.15) is 0 Å². The van der Waals surface area contributed by atoms with E-state index in [1.165, 1.54) is 12.1 Å². The van der Waals surface area contributed by atoms with Crippen molar-refractivity contribution in [2.24, 2.45) is 5.73 Å². The first-order chi connectivity index (χ1) is 5.68. The lowest BCUT2D eigenvalue weighted by molar-refractivity contribution is 0.506. The van der Waals surface area contributed by atoms with Gasteiger partial charge in [-0.25, -0.2) is 8.78 Å². The summed E-state index contributed by atoms with van der Waals surface area (Å²) in [6.45, 7) is 0. The Morgan fingerprint density at radius 3 is 2.54 bits per heavy atom. The van der Waals surface area contributed by atoms with Crippen LogP contribution >= 0.6 is 12.4 Å². The van der Waals surface area contributed by atoms with E-state index in [4.69, 9.17) is 5.73 Å². The molecule has 1 atom stereocenters. The highest BCUT2D eigenvalue weighted by molar-refractivity contribution is 5.85. The molecule has 0 heterocycles. The van der Waals surface area contributed by atoms with Crippen LogP contribution in [0.4, 0.5) is 8.78 Å². The maximum absolute atomic E-state index is 12.7. The SMILES string of the molecule is Cl.NC1CCc2cc(F)c(F)cc21. The van der Waals surface area contributed by atoms with Gasteiger partial charge >= 0.3 is 0 Å². The minimum absolute atomic E-state index is 0. The molecule has 4 heteroatoms. The molecule has 0 radical (unpaired) electrons. The monoisotopic (exact) mass is 205 g/mol. The van der Waals surface area contributed by atoms with Crippen LogP contribution in [0.2, 0.25) is 0 Å². The van der Waals surface area contributed by atoms with Gasteiger partial charge in [0.2, 0.25) is 0 Å². The van der Waals surface area contributed by atoms with Gasteiger partial charge in [0.15, 0.2) is 11.6 Å². The highest BCUT2D eigenvalue weighted by Crippen LogP contribution is 2.30. The minimum atomic E-state index is -0.800. The molecule has 1 aliphatic carbocycles. The molecule has 0 amide bonds. The molecule has 72 valence electrons. The van der Waals surface area contributed by atoms with E-state index >= 15 is 0 Å². The van der Waals surface area contributed by atoms with Crippen molar-refractivity contribution >= 4 is 12.4 Å². The summed E-state index contributed by atoms with van der Waals surface area (Å²) < 4.78 is 25.4. The first-order valence-electron chi connectivity index (χ1n) is 3.92. The van der Waals surface area contributed by atoms with Gasteiger partial charge < -0.3 is 5.73 Å². The fourth-order valence-corrected chi connectivity index (χ4v) is 1.63. The average molecular weight is 206 g/mol. The maximum Gasteiger partial charge on any atom is 0.159 e. The number of nitrogens with two attached hydrogens (primary N) is 1. The van der Waals surface area contributed by atoms with Crippen LogP contribution in [0.15, 0.2) is 12.1 Å². The number of fused-ring (bicyclic) bond motifs is 1. The number of hydrogen-bond acceptors (Lipinski definition) is 1. The van der Waals surface area contributed by atoms with Crippen LogP contribution in [0.25, 0.3) is 0 Å². The molecule has 2 N–H and O–H groups in total. The third-order valence-electron chi connectivity index (χ3n) is 2.31. The van der Waals surface area contributed by atoms with Crippen molar-refractivity contribution in [3.05, 3.63) is 34.9 Å². The van der Waals surface area contributed by atoms with E-state index in [0.717, 1.165) is 24.0 Å². The molecular weight excluding hydrogens is 196 g/mol. The highest BCUT2D eigenvalue weighted by atomic mass is 35.5. The van der Waals surface area contributed by atoms with Crippen LogP contribution in [0.1, 0.15) is 23.6 Å². The van der Waals surface area contributed by atoms with E-state index in [2.05, 4.69) is 0 Å². The predicted octanol–water partition coefficient (Wildman–Crippen LogP) is 2.33. The molecule has 1 nitrogen and oxygen atoms in total. The van der Waals surface area contributed by atoms with Crippen molar-refractivity contribution < 1.29 is 8.78 Å². The van der Waals surface area contributed by atoms with Gasteiger partial charge in [-0.3, -0.25) is 0 Å². The molecule has 0 saturated heterocycles. The van der Waals surface area contributed by atoms with Crippen LogP contribution in [-0.4, -0.2) is 0 Å². The fourth-order valence-electron chi connectivity index (χ4n) is 1.63. The second-order valence-corrected chi connectivity index (χ2v) is 3.11. The van der Waals surface area contributed by atoms with Crippen LogP contribution in [0.5, 0.6) is 0 Å². The van der Waals surface area contributed by atoms with Gasteiger partial charge in [-0.1, -0.05) is 0 Å². The normalized spacial score (nSPS) is 19.5. The van der Waals surface area contributed by atoms with Crippen molar-refractivity contribution in [3.63, 3.8) is 0 Å². The van der Waals surface area contributed by atoms with E-state index in [1.807, 2.05) is 0 Å². The zero-order valence-corrected chi connectivity index (χ0v) is 7.70. The minimum Gasteiger partial charge on any atom is -0.324 e. The van der Waals surface area contributed by atoms with Crippen LogP contribution < -0.4 is 5.73 Å². The van der Waals surface area contributed by atoms with Gasteiger partial charge in [0.05, 0.1) is 0 Å². The predicted molar refractivity (Wildman–Crippen MR) is 48.9 cm³/mol. The topological polar surface area (TPSA) is 26.0 Å². The summed E-state index contributed by atoms with van der Waals surface area (Å²) in [6.07, 6.45) is 1.55. The quantitative estimate of drug-likeness (QED) is 0.691. The Hall–Kier alpha value is -0.670. The molecule has 0 aliphatic heterocycles. The second-order valence-electron chi connectivity index (χ2n) is 3.11. The highest BCUT2D eigenvalue weighted by Gasteiger charge is 2.21. The molecule has 1 aliphatic rings. The first kappa shape index (κ1) is 10.4. The lowest BCUT2D eigenvalue weighted by Gasteiger charge is -2.04. The van der Waals surface area contributed by atoms with E-state index < -0.39 is 11.6 Å². The zero-order valence-electron chi connectivity index (χ0n) is 6.89. The van der Waals surface area contributed by atoms with Crippen molar-refractivity contribution in [1.29, 1.82) is 0 Å². The smallest absolute Gasteiger partial charge is 0.159 e. The van der Waals surface area contributed by atoms with Crippen molar-refractivity contribution in [3.8, 4) is 0 Å². The van der Waals surface area contributed by atoms with Gasteiger partial charge in [-0.15, -0.1) is 12.4 Å². The average Bonchev–Trinajstić information content (AvgIpc) is 2.35. The van der Waals surface area contributed by atoms with Gasteiger partial charge in [0, 0.05) is 6.04 Å². The van der Waals surface area contributed by atoms with E-state index in [9.17, 15) is 8.78 Å². The van der Waals surface area contributed by atoms with Crippen molar-refractivity contribution in [1.82, 2.24) is 0 Å². The zero-order chi connectivity index (χ0) is 8.72. The molecule has 0 aromatic heterocycles. The Balaban J connectivity index is 0.000000845. The maximum atomic E-state index is 12.7. The molecule has 0 bridgehead atoms. The first-order valence-corrected chi connectivity index (χ1v) is 3.92. The van der Waals surface area contributed by atoms with Crippen molar-refractivity contribution in [2.75, 3.05) is 0 Å². The fraction of sp³-hybridized carbons (Fsp3) is 0.333. The molecule has 13 heavy (non-hydrogen) atoms. The third kappa shape index (κ3) is 1.67. The second kappa shape index (κ2) is 3.60. The number of hydrogen-bond donors (Lipinski definition) is 1. The van der Waals surface area contributed by atoms with Gasteiger partial charge in [0.25, 0.3) is 0 Å². The largest absolute Gasteiger partial charge is 0.324 e. The summed E-state index contributed by atoms with van der Waals surface area (Å²) >= 11 is 0. The standard InChI is InChI=1S/C9H9F2N.ClH/c10-7-3-5-1-2-9(12)6(5)4-8(7)11;/h3-4,9H,1-2,12H2;1H. The third-order valence-corrected chi connectivity index (χ3v) is 2.31. The molecule has 1 unspecified atom stereocenters. The molecule has 0 saturated carbocycles. The van der Waals surface area contributed by atoms with Crippen LogP contribution in [0.3, 0.4) is 0 Å². The molecule has 2 rings (SSSR count). The Morgan fingerprint density at radius 1 is 1.23 bits per heavy atom. The molecular formula is C9H10ClF2N. The summed E-state index contributed by atoms with van der Waals surface area (Å²) in [7, 11) is 0. The summed E-state index contributed by atoms with van der Waals surface area (Å²) in [4.78, 5) is 0. The van der Waals surface area contributed by atoms with E-state index in [0.29, 0.717) is 0 Å². The number of rotatable bonds is 0. The summed E-state index contributed by atoms with van der Waals surface area (Å²) in [5, 5.41) is 0. The Morgan fingerprint density at radius 2 is 1.85 bits per heavy atom. The summed E-state index contributed by atoms with van der Waals surface area (Å²) in [5.41, 5.74) is 7.28. The number of halogens is 3. The summed E-state index contributed by atoms with van der Waals surface area (Å²) in [5.74, 6) is -1.58. The lowest BCUT2D eigenvalue weighted by Crippen LogP contribution is -2.05. The Kier molecular flexibility index (Phi) is 2.88. The number of aryl methyl sites for hydroxylation is 1. The summed E-state index contributed by atoms with van der Waals surface area (Å²) in [6, 6.07) is 2.34. The van der Waals surface area contributed by atoms with E-state index in [1.54, 1.807) is 0 Å². The molecule has 0 spiro atoms. The van der Waals surface area contributed by atoms with E-state index in [-0.39, 0.29) is 18.4 Å². The molecule has 1 aromatic carbocycles. The molecule has 0 fully saturated rings. The Bertz CT molecular complexity index is 328. The van der Waals surface area contributed by atoms with Gasteiger partial charge in [-0.05, 0) is 36.1 Å². The Labute approximate surface area is 81.3 Å².